The zero-order chi connectivity index (χ0) is 21.7. The van der Waals surface area contributed by atoms with Gasteiger partial charge in [0.2, 0.25) is 0 Å². The Morgan fingerprint density at radius 3 is 2.20 bits per heavy atom. The molecule has 30 heavy (non-hydrogen) atoms. The molecule has 3 amide bonds. The van der Waals surface area contributed by atoms with E-state index in [0.717, 1.165) is 5.56 Å². The van der Waals surface area contributed by atoms with Gasteiger partial charge in [-0.15, -0.1) is 0 Å². The van der Waals surface area contributed by atoms with Gasteiger partial charge in [-0.05, 0) is 44.2 Å². The molecule has 8 nitrogen and oxygen atoms in total. The molecule has 0 bridgehead atoms. The lowest BCUT2D eigenvalue weighted by atomic mass is 10.1. The fourth-order valence-corrected chi connectivity index (χ4v) is 3.39. The van der Waals surface area contributed by atoms with E-state index in [1.54, 1.807) is 17.0 Å². The Balaban J connectivity index is 1.75. The van der Waals surface area contributed by atoms with Gasteiger partial charge in [-0.3, -0.25) is 4.79 Å². The molecule has 3 rings (SSSR count). The fourth-order valence-electron chi connectivity index (χ4n) is 3.39. The second kappa shape index (κ2) is 9.30. The lowest BCUT2D eigenvalue weighted by molar-refractivity contribution is 0.0696. The fraction of sp³-hybridized carbons (Fsp3) is 0.318. The Morgan fingerprint density at radius 2 is 1.60 bits per heavy atom. The van der Waals surface area contributed by atoms with E-state index in [4.69, 9.17) is 0 Å². The molecule has 3 N–H and O–H groups in total. The van der Waals surface area contributed by atoms with Crippen LogP contribution in [0, 0.1) is 6.92 Å². The number of carboxylic acid groups (broad SMARTS) is 1. The summed E-state index contributed by atoms with van der Waals surface area (Å²) in [5.74, 6) is -1.05. The van der Waals surface area contributed by atoms with Crippen molar-refractivity contribution in [3.8, 4) is 0 Å². The molecular weight excluding hydrogens is 384 g/mol. The lowest BCUT2D eigenvalue weighted by Crippen LogP contribution is -2.49. The van der Waals surface area contributed by atoms with Crippen molar-refractivity contribution in [1.29, 1.82) is 0 Å². The van der Waals surface area contributed by atoms with Crippen LogP contribution in [0.3, 0.4) is 0 Å². The van der Waals surface area contributed by atoms with Gasteiger partial charge in [0.25, 0.3) is 5.91 Å². The summed E-state index contributed by atoms with van der Waals surface area (Å²) < 4.78 is 0. The van der Waals surface area contributed by atoms with E-state index in [2.05, 4.69) is 10.6 Å². The average molecular weight is 410 g/mol. The number of amides is 3. The molecule has 0 aliphatic carbocycles. The molecule has 2 aromatic carbocycles. The van der Waals surface area contributed by atoms with Gasteiger partial charge >= 0.3 is 12.0 Å². The smallest absolute Gasteiger partial charge is 0.335 e. The second-order valence-corrected chi connectivity index (χ2v) is 7.17. The number of carbonyl (C=O) groups excluding carboxylic acids is 2. The Labute approximate surface area is 175 Å². The third-order valence-corrected chi connectivity index (χ3v) is 5.04. The van der Waals surface area contributed by atoms with Gasteiger partial charge in [0, 0.05) is 38.3 Å². The molecule has 1 fully saturated rings. The number of carboxylic acids is 1. The minimum Gasteiger partial charge on any atom is -0.478 e. The van der Waals surface area contributed by atoms with Crippen LogP contribution < -0.4 is 15.5 Å². The van der Waals surface area contributed by atoms with E-state index in [1.165, 1.54) is 6.07 Å². The zero-order valence-electron chi connectivity index (χ0n) is 17.1. The summed E-state index contributed by atoms with van der Waals surface area (Å²) in [6, 6.07) is 11.8. The van der Waals surface area contributed by atoms with Crippen molar-refractivity contribution in [2.45, 2.75) is 13.8 Å². The summed E-state index contributed by atoms with van der Waals surface area (Å²) >= 11 is 0. The standard InChI is InChI=1S/C22H26N4O4/c1-3-23-22(30)24-18-9-8-17(21(28)29)14-19(18)25-10-12-26(13-11-25)20(27)16-6-4-15(2)5-7-16/h4-9,14H,3,10-13H2,1-2H3,(H,28,29)(H2,23,24,30). The lowest BCUT2D eigenvalue weighted by Gasteiger charge is -2.37. The van der Waals surface area contributed by atoms with Crippen LogP contribution in [0.5, 0.6) is 0 Å². The zero-order valence-corrected chi connectivity index (χ0v) is 17.1. The van der Waals surface area contributed by atoms with E-state index >= 15 is 0 Å². The predicted octanol–water partition coefficient (Wildman–Crippen LogP) is 2.80. The summed E-state index contributed by atoms with van der Waals surface area (Å²) in [5.41, 5.74) is 3.06. The molecule has 8 heteroatoms. The Bertz CT molecular complexity index is 935. The molecule has 0 unspecified atom stereocenters. The molecule has 1 aliphatic heterocycles. The number of hydrogen-bond acceptors (Lipinski definition) is 4. The Morgan fingerprint density at radius 1 is 0.967 bits per heavy atom. The van der Waals surface area contributed by atoms with Crippen molar-refractivity contribution >= 4 is 29.3 Å². The number of rotatable bonds is 5. The van der Waals surface area contributed by atoms with Crippen LogP contribution in [0.4, 0.5) is 16.2 Å². The summed E-state index contributed by atoms with van der Waals surface area (Å²) in [4.78, 5) is 39.9. The SMILES string of the molecule is CCNC(=O)Nc1ccc(C(=O)O)cc1N1CCN(C(=O)c2ccc(C)cc2)CC1. The van der Waals surface area contributed by atoms with Crippen LogP contribution in [-0.4, -0.2) is 60.6 Å². The van der Waals surface area contributed by atoms with Crippen LogP contribution >= 0.6 is 0 Å². The van der Waals surface area contributed by atoms with Crippen molar-refractivity contribution < 1.29 is 19.5 Å². The molecule has 1 saturated heterocycles. The van der Waals surface area contributed by atoms with Gasteiger partial charge in [0.1, 0.15) is 0 Å². The number of nitrogens with zero attached hydrogens (tertiary/aromatic N) is 2. The van der Waals surface area contributed by atoms with Gasteiger partial charge in [-0.2, -0.15) is 0 Å². The highest BCUT2D eigenvalue weighted by Crippen LogP contribution is 2.29. The number of urea groups is 1. The van der Waals surface area contributed by atoms with Crippen LogP contribution in [0.2, 0.25) is 0 Å². The first-order valence-corrected chi connectivity index (χ1v) is 9.92. The molecule has 0 spiro atoms. The molecule has 0 aromatic heterocycles. The Hall–Kier alpha value is -3.55. The molecule has 0 saturated carbocycles. The van der Waals surface area contributed by atoms with Crippen LogP contribution in [-0.2, 0) is 0 Å². The maximum atomic E-state index is 12.7. The van der Waals surface area contributed by atoms with E-state index in [9.17, 15) is 19.5 Å². The molecule has 1 aliphatic rings. The molecular formula is C22H26N4O4. The number of benzene rings is 2. The number of carbonyl (C=O) groups is 3. The van der Waals surface area contributed by atoms with Crippen LogP contribution in [0.1, 0.15) is 33.2 Å². The molecule has 0 atom stereocenters. The molecule has 1 heterocycles. The van der Waals surface area contributed by atoms with E-state index in [1.807, 2.05) is 43.0 Å². The first-order valence-electron chi connectivity index (χ1n) is 9.92. The third kappa shape index (κ3) is 4.89. The largest absolute Gasteiger partial charge is 0.478 e. The monoisotopic (exact) mass is 410 g/mol. The van der Waals surface area contributed by atoms with E-state index < -0.39 is 5.97 Å². The first-order chi connectivity index (χ1) is 14.4. The molecule has 0 radical (unpaired) electrons. The van der Waals surface area contributed by atoms with Gasteiger partial charge in [0.15, 0.2) is 0 Å². The molecule has 158 valence electrons. The summed E-state index contributed by atoms with van der Waals surface area (Å²) in [6.45, 7) is 6.35. The second-order valence-electron chi connectivity index (χ2n) is 7.17. The minimum absolute atomic E-state index is 0.0189. The minimum atomic E-state index is -1.03. The highest BCUT2D eigenvalue weighted by atomic mass is 16.4. The summed E-state index contributed by atoms with van der Waals surface area (Å²) in [5, 5.41) is 14.8. The van der Waals surface area contributed by atoms with Gasteiger partial charge in [-0.1, -0.05) is 17.7 Å². The maximum Gasteiger partial charge on any atom is 0.335 e. The van der Waals surface area contributed by atoms with Crippen molar-refractivity contribution in [3.63, 3.8) is 0 Å². The van der Waals surface area contributed by atoms with Crippen LogP contribution in [0.25, 0.3) is 0 Å². The quantitative estimate of drug-likeness (QED) is 0.704. The number of anilines is 2. The summed E-state index contributed by atoms with van der Waals surface area (Å²) in [7, 11) is 0. The third-order valence-electron chi connectivity index (χ3n) is 5.04. The van der Waals surface area contributed by atoms with Gasteiger partial charge in [0.05, 0.1) is 16.9 Å². The maximum absolute atomic E-state index is 12.7. The van der Waals surface area contributed by atoms with Gasteiger partial charge in [-0.25, -0.2) is 9.59 Å². The number of aromatic carboxylic acids is 1. The van der Waals surface area contributed by atoms with Crippen molar-refractivity contribution in [1.82, 2.24) is 10.2 Å². The van der Waals surface area contributed by atoms with Crippen LogP contribution in [0.15, 0.2) is 42.5 Å². The average Bonchev–Trinajstić information content (AvgIpc) is 2.74. The van der Waals surface area contributed by atoms with E-state index in [0.29, 0.717) is 49.7 Å². The van der Waals surface area contributed by atoms with Crippen molar-refractivity contribution in [2.24, 2.45) is 0 Å². The highest BCUT2D eigenvalue weighted by Gasteiger charge is 2.24. The topological polar surface area (TPSA) is 102 Å². The number of piperazine rings is 1. The molecule has 2 aromatic rings. The summed E-state index contributed by atoms with van der Waals surface area (Å²) in [6.07, 6.45) is 0. The Kier molecular flexibility index (Phi) is 6.56. The predicted molar refractivity (Wildman–Crippen MR) is 115 cm³/mol. The number of aryl methyl sites for hydroxylation is 1. The number of hydrogen-bond donors (Lipinski definition) is 3. The first kappa shape index (κ1) is 21.2. The van der Waals surface area contributed by atoms with Crippen molar-refractivity contribution in [3.05, 3.63) is 59.2 Å². The van der Waals surface area contributed by atoms with E-state index in [-0.39, 0.29) is 17.5 Å². The van der Waals surface area contributed by atoms with Crippen molar-refractivity contribution in [2.75, 3.05) is 42.9 Å². The highest BCUT2D eigenvalue weighted by molar-refractivity contribution is 5.97. The number of nitrogens with one attached hydrogen (secondary N) is 2. The van der Waals surface area contributed by atoms with Gasteiger partial charge < -0.3 is 25.5 Å². The normalized spacial score (nSPS) is 13.7.